The van der Waals surface area contributed by atoms with Crippen LogP contribution in [0.15, 0.2) is 0 Å². The summed E-state index contributed by atoms with van der Waals surface area (Å²) in [7, 11) is 1.39. The van der Waals surface area contributed by atoms with E-state index in [9.17, 15) is 9.59 Å². The maximum atomic E-state index is 11.6. The van der Waals surface area contributed by atoms with Crippen molar-refractivity contribution < 1.29 is 14.3 Å². The van der Waals surface area contributed by atoms with Crippen LogP contribution in [-0.2, 0) is 14.3 Å². The van der Waals surface area contributed by atoms with Crippen molar-refractivity contribution in [3.8, 4) is 0 Å². The zero-order chi connectivity index (χ0) is 10.7. The van der Waals surface area contributed by atoms with Gasteiger partial charge in [0.15, 0.2) is 0 Å². The molecular formula is C11H18O3. The van der Waals surface area contributed by atoms with Crippen molar-refractivity contribution in [3.05, 3.63) is 0 Å². The summed E-state index contributed by atoms with van der Waals surface area (Å²) in [4.78, 5) is 23.1. The second-order valence-corrected chi connectivity index (χ2v) is 4.03. The average molecular weight is 198 g/mol. The van der Waals surface area contributed by atoms with Crippen molar-refractivity contribution >= 4 is 11.8 Å². The fraction of sp³-hybridized carbons (Fsp3) is 0.818. The van der Waals surface area contributed by atoms with Crippen molar-refractivity contribution in [2.24, 2.45) is 17.8 Å². The van der Waals surface area contributed by atoms with Crippen molar-refractivity contribution in [2.75, 3.05) is 7.11 Å². The van der Waals surface area contributed by atoms with Crippen molar-refractivity contribution in [1.82, 2.24) is 0 Å². The van der Waals surface area contributed by atoms with Crippen LogP contribution in [0.2, 0.25) is 0 Å². The largest absolute Gasteiger partial charge is 0.469 e. The van der Waals surface area contributed by atoms with Gasteiger partial charge in [0.1, 0.15) is 5.78 Å². The Morgan fingerprint density at radius 1 is 1.36 bits per heavy atom. The summed E-state index contributed by atoms with van der Waals surface area (Å²) in [6.07, 6.45) is 2.27. The van der Waals surface area contributed by atoms with E-state index in [1.165, 1.54) is 7.11 Å². The highest BCUT2D eigenvalue weighted by molar-refractivity contribution is 5.87. The third-order valence-corrected chi connectivity index (χ3v) is 3.20. The third-order valence-electron chi connectivity index (χ3n) is 3.20. The second kappa shape index (κ2) is 4.58. The number of Topliss-reactive ketones (excluding diaryl/α,β-unsaturated/α-hetero) is 1. The molecule has 1 fully saturated rings. The van der Waals surface area contributed by atoms with Gasteiger partial charge in [-0.2, -0.15) is 0 Å². The Kier molecular flexibility index (Phi) is 3.67. The maximum Gasteiger partial charge on any atom is 0.309 e. The van der Waals surface area contributed by atoms with Gasteiger partial charge >= 0.3 is 5.97 Å². The molecule has 0 heterocycles. The Balaban J connectivity index is 2.76. The van der Waals surface area contributed by atoms with E-state index in [4.69, 9.17) is 4.74 Å². The summed E-state index contributed by atoms with van der Waals surface area (Å²) in [5.41, 5.74) is 0. The number of carbonyl (C=O) groups excluding carboxylic acids is 2. The van der Waals surface area contributed by atoms with Gasteiger partial charge in [-0.15, -0.1) is 0 Å². The first-order chi connectivity index (χ1) is 6.61. The molecule has 14 heavy (non-hydrogen) atoms. The molecule has 0 spiro atoms. The summed E-state index contributed by atoms with van der Waals surface area (Å²) < 4.78 is 4.72. The average Bonchev–Trinajstić information content (AvgIpc) is 2.58. The molecule has 0 radical (unpaired) electrons. The highest BCUT2D eigenvalue weighted by Gasteiger charge is 2.41. The fourth-order valence-electron chi connectivity index (χ4n) is 2.39. The van der Waals surface area contributed by atoms with E-state index < -0.39 is 0 Å². The standard InChI is InChI=1S/C11H18O3/c1-4-9(12)10-7(2)5-6-8(10)11(13)14-3/h7-8,10H,4-6H2,1-3H3/t7-,8-,10?/m1/s1. The zero-order valence-electron chi connectivity index (χ0n) is 9.08. The van der Waals surface area contributed by atoms with Gasteiger partial charge in [0, 0.05) is 12.3 Å². The number of carbonyl (C=O) groups is 2. The minimum Gasteiger partial charge on any atom is -0.469 e. The molecule has 0 aromatic rings. The molecular weight excluding hydrogens is 180 g/mol. The molecule has 3 heteroatoms. The van der Waals surface area contributed by atoms with E-state index in [0.717, 1.165) is 12.8 Å². The van der Waals surface area contributed by atoms with Gasteiger partial charge in [-0.3, -0.25) is 9.59 Å². The molecule has 1 aliphatic rings. The maximum absolute atomic E-state index is 11.6. The van der Waals surface area contributed by atoms with E-state index in [1.807, 2.05) is 13.8 Å². The summed E-state index contributed by atoms with van der Waals surface area (Å²) >= 11 is 0. The number of ether oxygens (including phenoxy) is 1. The molecule has 0 aliphatic heterocycles. The number of hydrogen-bond donors (Lipinski definition) is 0. The molecule has 0 amide bonds. The van der Waals surface area contributed by atoms with Crippen molar-refractivity contribution in [1.29, 1.82) is 0 Å². The molecule has 1 saturated carbocycles. The fourth-order valence-corrected chi connectivity index (χ4v) is 2.39. The predicted octanol–water partition coefficient (Wildman–Crippen LogP) is 1.80. The van der Waals surface area contributed by atoms with E-state index >= 15 is 0 Å². The third kappa shape index (κ3) is 1.97. The summed E-state index contributed by atoms with van der Waals surface area (Å²) in [6, 6.07) is 0. The molecule has 0 bridgehead atoms. The van der Waals surface area contributed by atoms with Gasteiger partial charge < -0.3 is 4.74 Å². The zero-order valence-corrected chi connectivity index (χ0v) is 9.08. The highest BCUT2D eigenvalue weighted by Crippen LogP contribution is 2.38. The summed E-state index contributed by atoms with van der Waals surface area (Å²) in [6.45, 7) is 3.89. The van der Waals surface area contributed by atoms with E-state index in [1.54, 1.807) is 0 Å². The minimum atomic E-state index is -0.221. The first-order valence-corrected chi connectivity index (χ1v) is 5.22. The lowest BCUT2D eigenvalue weighted by molar-refractivity contribution is -0.149. The number of rotatable bonds is 3. The van der Waals surface area contributed by atoms with Gasteiger partial charge in [-0.05, 0) is 18.8 Å². The Bertz CT molecular complexity index is 235. The van der Waals surface area contributed by atoms with Gasteiger partial charge in [0.2, 0.25) is 0 Å². The Labute approximate surface area is 84.8 Å². The molecule has 3 atom stereocenters. The van der Waals surface area contributed by atoms with Gasteiger partial charge in [0.25, 0.3) is 0 Å². The van der Waals surface area contributed by atoms with Crippen LogP contribution < -0.4 is 0 Å². The van der Waals surface area contributed by atoms with Crippen LogP contribution in [0.1, 0.15) is 33.1 Å². The number of methoxy groups -OCH3 is 1. The molecule has 1 unspecified atom stereocenters. The van der Waals surface area contributed by atoms with Crippen LogP contribution in [0, 0.1) is 17.8 Å². The van der Waals surface area contributed by atoms with Crippen LogP contribution in [-0.4, -0.2) is 18.9 Å². The lowest BCUT2D eigenvalue weighted by Gasteiger charge is -2.18. The van der Waals surface area contributed by atoms with Crippen LogP contribution >= 0.6 is 0 Å². The van der Waals surface area contributed by atoms with Crippen LogP contribution in [0.3, 0.4) is 0 Å². The molecule has 0 aromatic carbocycles. The predicted molar refractivity (Wildman–Crippen MR) is 52.7 cm³/mol. The normalized spacial score (nSPS) is 31.5. The molecule has 1 aliphatic carbocycles. The Morgan fingerprint density at radius 2 is 2.00 bits per heavy atom. The molecule has 0 aromatic heterocycles. The Morgan fingerprint density at radius 3 is 2.50 bits per heavy atom. The summed E-state index contributed by atoms with van der Waals surface area (Å²) in [5.74, 6) is 0.00741. The quantitative estimate of drug-likeness (QED) is 0.649. The lowest BCUT2D eigenvalue weighted by Crippen LogP contribution is -2.29. The van der Waals surface area contributed by atoms with Crippen LogP contribution in [0.5, 0.6) is 0 Å². The van der Waals surface area contributed by atoms with Crippen LogP contribution in [0.25, 0.3) is 0 Å². The number of hydrogen-bond acceptors (Lipinski definition) is 3. The van der Waals surface area contributed by atoms with E-state index in [2.05, 4.69) is 0 Å². The van der Waals surface area contributed by atoms with Crippen molar-refractivity contribution in [2.45, 2.75) is 33.1 Å². The van der Waals surface area contributed by atoms with Gasteiger partial charge in [-0.1, -0.05) is 13.8 Å². The van der Waals surface area contributed by atoms with Gasteiger partial charge in [-0.25, -0.2) is 0 Å². The molecule has 0 saturated heterocycles. The number of ketones is 1. The van der Waals surface area contributed by atoms with Gasteiger partial charge in [0.05, 0.1) is 13.0 Å². The highest BCUT2D eigenvalue weighted by atomic mass is 16.5. The topological polar surface area (TPSA) is 43.4 Å². The van der Waals surface area contributed by atoms with E-state index in [0.29, 0.717) is 12.3 Å². The van der Waals surface area contributed by atoms with E-state index in [-0.39, 0.29) is 23.6 Å². The first kappa shape index (κ1) is 11.2. The SMILES string of the molecule is CCC(=O)C1[C@H](C)CC[C@H]1C(=O)OC. The Hall–Kier alpha value is -0.860. The minimum absolute atomic E-state index is 0.104. The smallest absolute Gasteiger partial charge is 0.309 e. The monoisotopic (exact) mass is 198 g/mol. The van der Waals surface area contributed by atoms with Crippen LogP contribution in [0.4, 0.5) is 0 Å². The molecule has 3 nitrogen and oxygen atoms in total. The second-order valence-electron chi connectivity index (χ2n) is 4.03. The number of esters is 1. The lowest BCUT2D eigenvalue weighted by atomic mass is 9.85. The molecule has 80 valence electrons. The summed E-state index contributed by atoms with van der Waals surface area (Å²) in [5, 5.41) is 0. The first-order valence-electron chi connectivity index (χ1n) is 5.22. The molecule has 0 N–H and O–H groups in total. The molecule has 1 rings (SSSR count). The van der Waals surface area contributed by atoms with Crippen molar-refractivity contribution in [3.63, 3.8) is 0 Å².